The Kier molecular flexibility index (Phi) is 5.82. The molecule has 2 rings (SSSR count). The number of thioether (sulfide) groups is 1. The van der Waals surface area contributed by atoms with Crippen LogP contribution in [0.1, 0.15) is 24.4 Å². The number of ether oxygens (including phenoxy) is 1. The molecule has 0 radical (unpaired) electrons. The molecule has 0 saturated carbocycles. The number of nitrogens with zero attached hydrogens (tertiary/aromatic N) is 2. The SMILES string of the molecule is CCOc1ccccc1C(CSc1nc(C)ns1)NC. The van der Waals surface area contributed by atoms with Crippen molar-refractivity contribution >= 4 is 23.3 Å². The van der Waals surface area contributed by atoms with E-state index in [2.05, 4.69) is 20.7 Å². The Hall–Kier alpha value is -1.11. The molecule has 20 heavy (non-hydrogen) atoms. The van der Waals surface area contributed by atoms with Gasteiger partial charge in [0.05, 0.1) is 6.61 Å². The highest BCUT2D eigenvalue weighted by Gasteiger charge is 2.15. The van der Waals surface area contributed by atoms with E-state index in [0.717, 1.165) is 21.7 Å². The number of aromatic nitrogens is 2. The summed E-state index contributed by atoms with van der Waals surface area (Å²) in [5, 5.41) is 3.35. The number of aryl methyl sites for hydroxylation is 1. The first-order chi connectivity index (χ1) is 9.74. The standard InChI is InChI=1S/C14H19N3OS2/c1-4-18-13-8-6-5-7-11(13)12(15-3)9-19-14-16-10(2)17-20-14/h5-8,12,15H,4,9H2,1-3H3. The van der Waals surface area contributed by atoms with Gasteiger partial charge in [-0.3, -0.25) is 0 Å². The average Bonchev–Trinajstić information content (AvgIpc) is 2.87. The fourth-order valence-electron chi connectivity index (χ4n) is 1.88. The third-order valence-electron chi connectivity index (χ3n) is 2.83. The van der Waals surface area contributed by atoms with Crippen molar-refractivity contribution in [3.8, 4) is 5.75 Å². The Morgan fingerprint density at radius 2 is 2.20 bits per heavy atom. The molecule has 108 valence electrons. The van der Waals surface area contributed by atoms with Gasteiger partial charge in [-0.25, -0.2) is 4.98 Å². The second-order valence-corrected chi connectivity index (χ2v) is 6.25. The topological polar surface area (TPSA) is 47.0 Å². The lowest BCUT2D eigenvalue weighted by atomic mass is 10.1. The highest BCUT2D eigenvalue weighted by molar-refractivity contribution is 8.00. The van der Waals surface area contributed by atoms with Crippen LogP contribution in [-0.4, -0.2) is 28.8 Å². The summed E-state index contributed by atoms with van der Waals surface area (Å²) in [5.41, 5.74) is 1.19. The van der Waals surface area contributed by atoms with Crippen LogP contribution in [0.15, 0.2) is 28.6 Å². The first-order valence-electron chi connectivity index (χ1n) is 6.56. The van der Waals surface area contributed by atoms with Crippen LogP contribution in [-0.2, 0) is 0 Å². The minimum absolute atomic E-state index is 0.229. The molecule has 0 spiro atoms. The van der Waals surface area contributed by atoms with E-state index in [9.17, 15) is 0 Å². The molecular weight excluding hydrogens is 290 g/mol. The van der Waals surface area contributed by atoms with E-state index in [1.54, 1.807) is 11.8 Å². The van der Waals surface area contributed by atoms with Gasteiger partial charge in [-0.15, -0.1) is 0 Å². The fraction of sp³-hybridized carbons (Fsp3) is 0.429. The lowest BCUT2D eigenvalue weighted by Gasteiger charge is -2.19. The number of hydrogen-bond acceptors (Lipinski definition) is 6. The molecule has 0 amide bonds. The number of hydrogen-bond donors (Lipinski definition) is 1. The average molecular weight is 309 g/mol. The summed E-state index contributed by atoms with van der Waals surface area (Å²) in [5.74, 6) is 2.69. The van der Waals surface area contributed by atoms with Crippen molar-refractivity contribution in [3.05, 3.63) is 35.7 Å². The Labute approximate surface area is 128 Å². The van der Waals surface area contributed by atoms with Crippen LogP contribution in [0.25, 0.3) is 0 Å². The van der Waals surface area contributed by atoms with Gasteiger partial charge >= 0.3 is 0 Å². The van der Waals surface area contributed by atoms with Gasteiger partial charge in [0.1, 0.15) is 11.6 Å². The minimum atomic E-state index is 0.229. The maximum atomic E-state index is 5.70. The van der Waals surface area contributed by atoms with Crippen molar-refractivity contribution in [1.82, 2.24) is 14.7 Å². The zero-order valence-electron chi connectivity index (χ0n) is 11.9. The molecular formula is C14H19N3OS2. The molecule has 0 aliphatic rings. The smallest absolute Gasteiger partial charge is 0.170 e. The monoisotopic (exact) mass is 309 g/mol. The molecule has 4 nitrogen and oxygen atoms in total. The third-order valence-corrected chi connectivity index (χ3v) is 4.84. The minimum Gasteiger partial charge on any atom is -0.494 e. The summed E-state index contributed by atoms with van der Waals surface area (Å²) >= 11 is 3.18. The van der Waals surface area contributed by atoms with E-state index in [0.29, 0.717) is 6.61 Å². The maximum Gasteiger partial charge on any atom is 0.170 e. The first kappa shape index (κ1) is 15.3. The summed E-state index contributed by atoms with van der Waals surface area (Å²) in [4.78, 5) is 4.38. The third kappa shape index (κ3) is 3.94. The van der Waals surface area contributed by atoms with E-state index in [1.165, 1.54) is 17.1 Å². The fourth-order valence-corrected chi connectivity index (χ4v) is 3.68. The zero-order chi connectivity index (χ0) is 14.4. The molecule has 0 aliphatic carbocycles. The van der Waals surface area contributed by atoms with Crippen molar-refractivity contribution in [2.75, 3.05) is 19.4 Å². The van der Waals surface area contributed by atoms with Crippen LogP contribution in [0.5, 0.6) is 5.75 Å². The van der Waals surface area contributed by atoms with E-state index in [1.807, 2.05) is 39.1 Å². The van der Waals surface area contributed by atoms with E-state index < -0.39 is 0 Å². The van der Waals surface area contributed by atoms with Crippen LogP contribution >= 0.6 is 23.3 Å². The molecule has 1 N–H and O–H groups in total. The van der Waals surface area contributed by atoms with Crippen LogP contribution < -0.4 is 10.1 Å². The van der Waals surface area contributed by atoms with Crippen molar-refractivity contribution in [2.45, 2.75) is 24.2 Å². The first-order valence-corrected chi connectivity index (χ1v) is 8.32. The Morgan fingerprint density at radius 3 is 2.85 bits per heavy atom. The number of para-hydroxylation sites is 1. The van der Waals surface area contributed by atoms with Crippen LogP contribution in [0.4, 0.5) is 0 Å². The van der Waals surface area contributed by atoms with Crippen LogP contribution in [0, 0.1) is 6.92 Å². The molecule has 1 heterocycles. The van der Waals surface area contributed by atoms with Gasteiger partial charge in [0, 0.05) is 17.4 Å². The van der Waals surface area contributed by atoms with Crippen LogP contribution in [0.2, 0.25) is 0 Å². The van der Waals surface area contributed by atoms with Gasteiger partial charge in [0.15, 0.2) is 4.34 Å². The molecule has 2 aromatic rings. The van der Waals surface area contributed by atoms with Crippen LogP contribution in [0.3, 0.4) is 0 Å². The van der Waals surface area contributed by atoms with E-state index in [-0.39, 0.29) is 6.04 Å². The molecule has 0 aliphatic heterocycles. The van der Waals surface area contributed by atoms with Gasteiger partial charge in [0.2, 0.25) is 0 Å². The lowest BCUT2D eigenvalue weighted by Crippen LogP contribution is -2.19. The predicted octanol–water partition coefficient (Wildman–Crippen LogP) is 3.30. The number of rotatable bonds is 7. The van der Waals surface area contributed by atoms with Gasteiger partial charge in [0.25, 0.3) is 0 Å². The van der Waals surface area contributed by atoms with Crippen molar-refractivity contribution < 1.29 is 4.74 Å². The predicted molar refractivity (Wildman–Crippen MR) is 84.8 cm³/mol. The Bertz CT molecular complexity index is 545. The Morgan fingerprint density at radius 1 is 1.40 bits per heavy atom. The zero-order valence-corrected chi connectivity index (χ0v) is 13.6. The number of nitrogens with one attached hydrogen (secondary N) is 1. The highest BCUT2D eigenvalue weighted by Crippen LogP contribution is 2.30. The summed E-state index contributed by atoms with van der Waals surface area (Å²) in [6, 6.07) is 8.40. The van der Waals surface area contributed by atoms with Crippen molar-refractivity contribution in [3.63, 3.8) is 0 Å². The van der Waals surface area contributed by atoms with E-state index >= 15 is 0 Å². The van der Waals surface area contributed by atoms with Gasteiger partial charge < -0.3 is 10.1 Å². The molecule has 6 heteroatoms. The second kappa shape index (κ2) is 7.61. The molecule has 0 saturated heterocycles. The Balaban J connectivity index is 2.07. The second-order valence-electron chi connectivity index (χ2n) is 4.23. The van der Waals surface area contributed by atoms with Crippen molar-refractivity contribution in [1.29, 1.82) is 0 Å². The summed E-state index contributed by atoms with van der Waals surface area (Å²) in [7, 11) is 1.97. The molecule has 1 aromatic carbocycles. The molecule has 0 fully saturated rings. The van der Waals surface area contributed by atoms with Gasteiger partial charge in [-0.1, -0.05) is 30.0 Å². The normalized spacial score (nSPS) is 12.3. The molecule has 0 bridgehead atoms. The highest BCUT2D eigenvalue weighted by atomic mass is 32.2. The summed E-state index contributed by atoms with van der Waals surface area (Å²) in [6.07, 6.45) is 0. The molecule has 1 unspecified atom stereocenters. The van der Waals surface area contributed by atoms with Gasteiger partial charge in [-0.2, -0.15) is 4.37 Å². The molecule has 1 atom stereocenters. The maximum absolute atomic E-state index is 5.70. The molecule has 1 aromatic heterocycles. The quantitative estimate of drug-likeness (QED) is 0.795. The summed E-state index contributed by atoms with van der Waals surface area (Å²) < 4.78 is 10.9. The van der Waals surface area contributed by atoms with Crippen molar-refractivity contribution in [2.24, 2.45) is 0 Å². The largest absolute Gasteiger partial charge is 0.494 e. The van der Waals surface area contributed by atoms with Gasteiger partial charge in [-0.05, 0) is 38.5 Å². The lowest BCUT2D eigenvalue weighted by molar-refractivity contribution is 0.333. The summed E-state index contributed by atoms with van der Waals surface area (Å²) in [6.45, 7) is 4.60. The number of benzene rings is 1. The van der Waals surface area contributed by atoms with E-state index in [4.69, 9.17) is 4.74 Å².